The molecule has 0 unspecified atom stereocenters. The van der Waals surface area contributed by atoms with Crippen LogP contribution in [0, 0.1) is 0 Å². The van der Waals surface area contributed by atoms with Gasteiger partial charge >= 0.3 is 6.03 Å². The number of aromatic amines is 1. The molecule has 0 saturated heterocycles. The summed E-state index contributed by atoms with van der Waals surface area (Å²) >= 11 is 0. The van der Waals surface area contributed by atoms with Gasteiger partial charge in [0.1, 0.15) is 0 Å². The summed E-state index contributed by atoms with van der Waals surface area (Å²) in [6.45, 7) is 4.74. The van der Waals surface area contributed by atoms with E-state index in [0.29, 0.717) is 17.6 Å². The van der Waals surface area contributed by atoms with Crippen molar-refractivity contribution in [2.75, 3.05) is 11.9 Å². The zero-order chi connectivity index (χ0) is 16.7. The first-order valence-corrected chi connectivity index (χ1v) is 8.08. The Morgan fingerprint density at radius 2 is 1.96 bits per heavy atom. The molecular formula is C16H23N5O2. The van der Waals surface area contributed by atoms with Crippen molar-refractivity contribution in [2.45, 2.75) is 46.0 Å². The fourth-order valence-corrected chi connectivity index (χ4v) is 2.15. The summed E-state index contributed by atoms with van der Waals surface area (Å²) in [7, 11) is 0. The Labute approximate surface area is 134 Å². The third-order valence-corrected chi connectivity index (χ3v) is 3.46. The van der Waals surface area contributed by atoms with Crippen molar-refractivity contribution < 1.29 is 4.79 Å². The second-order valence-electron chi connectivity index (χ2n) is 5.43. The molecule has 2 heterocycles. The number of carbonyl (C=O) groups excluding carboxylic acids is 1. The molecule has 0 aliphatic carbocycles. The number of unbranched alkanes of at least 4 members (excludes halogenated alkanes) is 2. The monoisotopic (exact) mass is 317 g/mol. The van der Waals surface area contributed by atoms with E-state index in [1.54, 1.807) is 6.07 Å². The first-order chi connectivity index (χ1) is 11.1. The van der Waals surface area contributed by atoms with Crippen LogP contribution in [0.3, 0.4) is 0 Å². The summed E-state index contributed by atoms with van der Waals surface area (Å²) in [6.07, 6.45) is 4.86. The topological polar surface area (TPSA) is 99.8 Å². The molecule has 23 heavy (non-hydrogen) atoms. The molecule has 0 fully saturated rings. The molecule has 0 aromatic carbocycles. The van der Waals surface area contributed by atoms with E-state index in [0.717, 1.165) is 37.8 Å². The van der Waals surface area contributed by atoms with Gasteiger partial charge in [-0.15, -0.1) is 0 Å². The zero-order valence-corrected chi connectivity index (χ0v) is 13.6. The lowest BCUT2D eigenvalue weighted by Crippen LogP contribution is -2.31. The quantitative estimate of drug-likeness (QED) is 0.683. The molecular weight excluding hydrogens is 294 g/mol. The van der Waals surface area contributed by atoms with Crippen LogP contribution in [-0.2, 0) is 6.42 Å². The molecule has 124 valence electrons. The Bertz CT molecular complexity index is 726. The molecule has 0 bridgehead atoms. The SMILES string of the molecule is CCCCNC(=O)Nc1nc2nc(CCCC)ccc2c(=O)[nH]1. The van der Waals surface area contributed by atoms with Crippen molar-refractivity contribution in [3.05, 3.63) is 28.2 Å². The number of nitrogens with zero attached hydrogens (tertiary/aromatic N) is 2. The Hall–Kier alpha value is -2.44. The van der Waals surface area contributed by atoms with Crippen molar-refractivity contribution in [1.29, 1.82) is 0 Å². The molecule has 3 N–H and O–H groups in total. The van der Waals surface area contributed by atoms with Crippen LogP contribution in [-0.4, -0.2) is 27.5 Å². The van der Waals surface area contributed by atoms with E-state index < -0.39 is 0 Å². The van der Waals surface area contributed by atoms with Crippen LogP contribution in [0.15, 0.2) is 16.9 Å². The maximum absolute atomic E-state index is 12.1. The molecule has 2 amide bonds. The van der Waals surface area contributed by atoms with Gasteiger partial charge in [-0.1, -0.05) is 26.7 Å². The van der Waals surface area contributed by atoms with Crippen LogP contribution in [0.1, 0.15) is 45.2 Å². The number of aromatic nitrogens is 3. The van der Waals surface area contributed by atoms with Gasteiger partial charge < -0.3 is 5.32 Å². The zero-order valence-electron chi connectivity index (χ0n) is 13.6. The Balaban J connectivity index is 2.17. The molecule has 2 aromatic rings. The number of hydrogen-bond acceptors (Lipinski definition) is 4. The summed E-state index contributed by atoms with van der Waals surface area (Å²) < 4.78 is 0. The minimum atomic E-state index is -0.386. The van der Waals surface area contributed by atoms with Gasteiger partial charge in [0.15, 0.2) is 5.65 Å². The molecule has 0 radical (unpaired) electrons. The number of urea groups is 1. The Kier molecular flexibility index (Phi) is 6.08. The van der Waals surface area contributed by atoms with Crippen LogP contribution in [0.25, 0.3) is 11.0 Å². The number of amides is 2. The third-order valence-electron chi connectivity index (χ3n) is 3.46. The maximum Gasteiger partial charge on any atom is 0.321 e. The molecule has 0 aliphatic heterocycles. The summed E-state index contributed by atoms with van der Waals surface area (Å²) in [4.78, 5) is 35.0. The highest BCUT2D eigenvalue weighted by atomic mass is 16.2. The highest BCUT2D eigenvalue weighted by molar-refractivity contribution is 5.88. The lowest BCUT2D eigenvalue weighted by Gasteiger charge is -2.07. The largest absolute Gasteiger partial charge is 0.338 e. The third kappa shape index (κ3) is 4.77. The lowest BCUT2D eigenvalue weighted by atomic mass is 10.2. The van der Waals surface area contributed by atoms with Crippen LogP contribution in [0.2, 0.25) is 0 Å². The van der Waals surface area contributed by atoms with Gasteiger partial charge in [-0.3, -0.25) is 15.1 Å². The summed E-state index contributed by atoms with van der Waals surface area (Å²) in [5.41, 5.74) is 0.940. The van der Waals surface area contributed by atoms with E-state index in [-0.39, 0.29) is 17.5 Å². The summed E-state index contributed by atoms with van der Waals surface area (Å²) in [6, 6.07) is 3.19. The smallest absolute Gasteiger partial charge is 0.321 e. The lowest BCUT2D eigenvalue weighted by molar-refractivity contribution is 0.252. The van der Waals surface area contributed by atoms with Gasteiger partial charge in [-0.2, -0.15) is 4.98 Å². The Morgan fingerprint density at radius 1 is 1.17 bits per heavy atom. The number of H-pyrrole nitrogens is 1. The molecule has 0 atom stereocenters. The van der Waals surface area contributed by atoms with Crippen LogP contribution in [0.4, 0.5) is 10.7 Å². The predicted octanol–water partition coefficient (Wildman–Crippen LogP) is 2.58. The van der Waals surface area contributed by atoms with E-state index in [4.69, 9.17) is 0 Å². The maximum atomic E-state index is 12.1. The number of nitrogens with one attached hydrogen (secondary N) is 3. The van der Waals surface area contributed by atoms with Crippen molar-refractivity contribution in [3.63, 3.8) is 0 Å². The van der Waals surface area contributed by atoms with Crippen LogP contribution in [0.5, 0.6) is 0 Å². The number of hydrogen-bond donors (Lipinski definition) is 3. The highest BCUT2D eigenvalue weighted by Gasteiger charge is 2.08. The number of anilines is 1. The molecule has 0 spiro atoms. The molecule has 7 heteroatoms. The molecule has 7 nitrogen and oxygen atoms in total. The Morgan fingerprint density at radius 3 is 2.70 bits per heavy atom. The van der Waals surface area contributed by atoms with E-state index in [1.807, 2.05) is 13.0 Å². The second kappa shape index (κ2) is 8.26. The predicted molar refractivity (Wildman–Crippen MR) is 90.7 cm³/mol. The van der Waals surface area contributed by atoms with E-state index >= 15 is 0 Å². The van der Waals surface area contributed by atoms with Crippen molar-refractivity contribution in [3.8, 4) is 0 Å². The number of aryl methyl sites for hydroxylation is 1. The fraction of sp³-hybridized carbons (Fsp3) is 0.500. The molecule has 2 aromatic heterocycles. The van der Waals surface area contributed by atoms with Gasteiger partial charge in [0.25, 0.3) is 5.56 Å². The molecule has 0 aliphatic rings. The van der Waals surface area contributed by atoms with Crippen molar-refractivity contribution in [1.82, 2.24) is 20.3 Å². The second-order valence-corrected chi connectivity index (χ2v) is 5.43. The number of pyridine rings is 1. The van der Waals surface area contributed by atoms with E-state index in [2.05, 4.69) is 32.5 Å². The first kappa shape index (κ1) is 16.9. The van der Waals surface area contributed by atoms with E-state index in [9.17, 15) is 9.59 Å². The number of rotatable bonds is 7. The minimum absolute atomic E-state index is 0.108. The summed E-state index contributed by atoms with van der Waals surface area (Å²) in [5, 5.41) is 5.66. The average molecular weight is 317 g/mol. The van der Waals surface area contributed by atoms with E-state index in [1.165, 1.54) is 0 Å². The van der Waals surface area contributed by atoms with Gasteiger partial charge in [0.2, 0.25) is 5.95 Å². The summed E-state index contributed by atoms with van der Waals surface area (Å²) in [5.74, 6) is 0.108. The number of carbonyl (C=O) groups is 1. The van der Waals surface area contributed by atoms with Crippen LogP contribution >= 0.6 is 0 Å². The van der Waals surface area contributed by atoms with Crippen LogP contribution < -0.4 is 16.2 Å². The van der Waals surface area contributed by atoms with Gasteiger partial charge in [-0.05, 0) is 31.4 Å². The normalized spacial score (nSPS) is 10.7. The van der Waals surface area contributed by atoms with Crippen molar-refractivity contribution >= 4 is 23.0 Å². The van der Waals surface area contributed by atoms with Gasteiger partial charge in [-0.25, -0.2) is 9.78 Å². The highest BCUT2D eigenvalue weighted by Crippen LogP contribution is 2.10. The fourth-order valence-electron chi connectivity index (χ4n) is 2.15. The van der Waals surface area contributed by atoms with Crippen molar-refractivity contribution in [2.24, 2.45) is 0 Å². The molecule has 2 rings (SSSR count). The first-order valence-electron chi connectivity index (χ1n) is 8.08. The average Bonchev–Trinajstić information content (AvgIpc) is 2.52. The number of fused-ring (bicyclic) bond motifs is 1. The van der Waals surface area contributed by atoms with Gasteiger partial charge in [0.05, 0.1) is 5.39 Å². The van der Waals surface area contributed by atoms with Gasteiger partial charge in [0, 0.05) is 12.2 Å². The standard InChI is InChI=1S/C16H23N5O2/c1-3-5-7-11-8-9-12-13(18-11)19-15(20-14(12)22)21-16(23)17-10-6-4-2/h8-9H,3-7,10H2,1-2H3,(H3,17,18,19,20,21,22,23). The molecule has 0 saturated carbocycles. The minimum Gasteiger partial charge on any atom is -0.338 e.